The molecule has 1 aromatic heterocycles. The minimum absolute atomic E-state index is 0.0317. The molecule has 0 saturated heterocycles. The SMILES string of the molecule is CCN(CC(F)(F)F)C(=O)C1Cc2nc[nH]c2CN1. The van der Waals surface area contributed by atoms with Crippen LogP contribution < -0.4 is 5.32 Å². The molecule has 0 bridgehead atoms. The number of likely N-dealkylation sites (N-methyl/N-ethyl adjacent to an activating group) is 1. The van der Waals surface area contributed by atoms with Gasteiger partial charge in [-0.1, -0.05) is 0 Å². The highest BCUT2D eigenvalue weighted by Crippen LogP contribution is 2.19. The maximum absolute atomic E-state index is 12.4. The summed E-state index contributed by atoms with van der Waals surface area (Å²) in [6.45, 7) is 0.764. The molecule has 0 fully saturated rings. The van der Waals surface area contributed by atoms with Crippen molar-refractivity contribution in [3.63, 3.8) is 0 Å². The molecule has 2 N–H and O–H groups in total. The largest absolute Gasteiger partial charge is 0.406 e. The van der Waals surface area contributed by atoms with E-state index in [0.717, 1.165) is 16.3 Å². The van der Waals surface area contributed by atoms with Crippen molar-refractivity contribution in [3.05, 3.63) is 17.7 Å². The molecule has 106 valence electrons. The number of hydrogen-bond donors (Lipinski definition) is 2. The molecule has 8 heteroatoms. The number of carbonyl (C=O) groups excluding carboxylic acids is 1. The van der Waals surface area contributed by atoms with Gasteiger partial charge in [0, 0.05) is 19.5 Å². The van der Waals surface area contributed by atoms with Crippen molar-refractivity contribution >= 4 is 5.91 Å². The molecular weight excluding hydrogens is 261 g/mol. The Morgan fingerprint density at radius 1 is 1.58 bits per heavy atom. The lowest BCUT2D eigenvalue weighted by Gasteiger charge is -2.29. The van der Waals surface area contributed by atoms with Crippen molar-refractivity contribution in [2.75, 3.05) is 13.1 Å². The van der Waals surface area contributed by atoms with Crippen LogP contribution in [0.5, 0.6) is 0 Å². The van der Waals surface area contributed by atoms with Crippen molar-refractivity contribution in [2.24, 2.45) is 0 Å². The molecule has 1 aliphatic heterocycles. The van der Waals surface area contributed by atoms with Crippen molar-refractivity contribution in [3.8, 4) is 0 Å². The number of fused-ring (bicyclic) bond motifs is 1. The van der Waals surface area contributed by atoms with Crippen LogP contribution in [-0.4, -0.2) is 46.1 Å². The number of rotatable bonds is 3. The molecule has 0 radical (unpaired) electrons. The Balaban J connectivity index is 2.03. The van der Waals surface area contributed by atoms with Crippen molar-refractivity contribution in [2.45, 2.75) is 32.1 Å². The highest BCUT2D eigenvalue weighted by atomic mass is 19.4. The lowest BCUT2D eigenvalue weighted by atomic mass is 10.0. The van der Waals surface area contributed by atoms with E-state index in [1.807, 2.05) is 0 Å². The lowest BCUT2D eigenvalue weighted by molar-refractivity contribution is -0.162. The third-order valence-electron chi connectivity index (χ3n) is 3.09. The Morgan fingerprint density at radius 3 is 2.95 bits per heavy atom. The second-order valence-electron chi connectivity index (χ2n) is 4.43. The number of hydrogen-bond acceptors (Lipinski definition) is 3. The normalized spacial score (nSPS) is 19.1. The maximum atomic E-state index is 12.4. The quantitative estimate of drug-likeness (QED) is 0.860. The summed E-state index contributed by atoms with van der Waals surface area (Å²) in [7, 11) is 0. The van der Waals surface area contributed by atoms with E-state index in [2.05, 4.69) is 15.3 Å². The minimum atomic E-state index is -4.38. The molecule has 0 aliphatic carbocycles. The van der Waals surface area contributed by atoms with E-state index >= 15 is 0 Å². The summed E-state index contributed by atoms with van der Waals surface area (Å²) < 4.78 is 37.1. The third kappa shape index (κ3) is 3.25. The average Bonchev–Trinajstić information content (AvgIpc) is 2.81. The summed E-state index contributed by atoms with van der Waals surface area (Å²) in [5, 5.41) is 2.93. The first kappa shape index (κ1) is 13.9. The standard InChI is InChI=1S/C11H15F3N4O/c1-2-18(5-11(12,13)14)10(19)8-3-7-9(4-15-8)17-6-16-7/h6,8,15H,2-5H2,1H3,(H,16,17). The topological polar surface area (TPSA) is 61.0 Å². The Labute approximate surface area is 108 Å². The van der Waals surface area contributed by atoms with Gasteiger partial charge in [-0.15, -0.1) is 0 Å². The number of nitrogens with one attached hydrogen (secondary N) is 2. The first-order valence-corrected chi connectivity index (χ1v) is 6.00. The van der Waals surface area contributed by atoms with Crippen LogP contribution in [0.2, 0.25) is 0 Å². The molecule has 0 saturated carbocycles. The number of H-pyrrole nitrogens is 1. The van der Waals surface area contributed by atoms with Crippen LogP contribution in [0.1, 0.15) is 18.3 Å². The number of imidazole rings is 1. The summed E-state index contributed by atoms with van der Waals surface area (Å²) in [6, 6.07) is -0.641. The number of halogens is 3. The number of alkyl halides is 3. The molecule has 1 amide bonds. The monoisotopic (exact) mass is 276 g/mol. The molecule has 2 heterocycles. The van der Waals surface area contributed by atoms with Crippen molar-refractivity contribution in [1.82, 2.24) is 20.2 Å². The van der Waals surface area contributed by atoms with E-state index in [1.54, 1.807) is 0 Å². The second kappa shape index (κ2) is 5.20. The van der Waals surface area contributed by atoms with E-state index in [9.17, 15) is 18.0 Å². The Morgan fingerprint density at radius 2 is 2.32 bits per heavy atom. The Kier molecular flexibility index (Phi) is 3.79. The van der Waals surface area contributed by atoms with Crippen LogP contribution in [0.15, 0.2) is 6.33 Å². The van der Waals surface area contributed by atoms with Gasteiger partial charge < -0.3 is 9.88 Å². The maximum Gasteiger partial charge on any atom is 0.406 e. The molecular formula is C11H15F3N4O. The molecule has 5 nitrogen and oxygen atoms in total. The second-order valence-corrected chi connectivity index (χ2v) is 4.43. The zero-order chi connectivity index (χ0) is 14.0. The summed E-state index contributed by atoms with van der Waals surface area (Å²) >= 11 is 0. The Bertz CT molecular complexity index is 457. The molecule has 0 spiro atoms. The predicted molar refractivity (Wildman–Crippen MR) is 61.2 cm³/mol. The van der Waals surface area contributed by atoms with Gasteiger partial charge in [0.1, 0.15) is 6.54 Å². The highest BCUT2D eigenvalue weighted by molar-refractivity contribution is 5.82. The number of nitrogens with zero attached hydrogens (tertiary/aromatic N) is 2. The molecule has 0 aromatic carbocycles. The molecule has 1 aromatic rings. The summed E-state index contributed by atoms with van der Waals surface area (Å²) in [6.07, 6.45) is -2.55. The first-order chi connectivity index (χ1) is 8.90. The molecule has 2 rings (SSSR count). The van der Waals surface area contributed by atoms with Crippen LogP contribution in [0.25, 0.3) is 0 Å². The van der Waals surface area contributed by atoms with Gasteiger partial charge in [-0.2, -0.15) is 13.2 Å². The lowest BCUT2D eigenvalue weighted by Crippen LogP contribution is -2.51. The van der Waals surface area contributed by atoms with Crippen LogP contribution in [-0.2, 0) is 17.8 Å². The van der Waals surface area contributed by atoms with Gasteiger partial charge in [-0.05, 0) is 6.92 Å². The van der Waals surface area contributed by atoms with Crippen molar-refractivity contribution in [1.29, 1.82) is 0 Å². The smallest absolute Gasteiger partial charge is 0.347 e. The van der Waals surface area contributed by atoms with Gasteiger partial charge >= 0.3 is 6.18 Å². The molecule has 1 atom stereocenters. The predicted octanol–water partition coefficient (Wildman–Crippen LogP) is 0.835. The van der Waals surface area contributed by atoms with E-state index in [1.165, 1.54) is 13.3 Å². The summed E-state index contributed by atoms with van der Waals surface area (Å²) in [5.74, 6) is -0.534. The van der Waals surface area contributed by atoms with Gasteiger partial charge in [0.15, 0.2) is 0 Å². The van der Waals surface area contributed by atoms with Crippen LogP contribution >= 0.6 is 0 Å². The molecule has 19 heavy (non-hydrogen) atoms. The van der Waals surface area contributed by atoms with Crippen LogP contribution in [0.4, 0.5) is 13.2 Å². The van der Waals surface area contributed by atoms with Gasteiger partial charge in [-0.25, -0.2) is 4.98 Å². The summed E-state index contributed by atoms with van der Waals surface area (Å²) in [4.78, 5) is 19.9. The van der Waals surface area contributed by atoms with Crippen LogP contribution in [0, 0.1) is 0 Å². The van der Waals surface area contributed by atoms with E-state index in [-0.39, 0.29) is 6.54 Å². The van der Waals surface area contributed by atoms with Gasteiger partial charge in [0.2, 0.25) is 5.91 Å². The Hall–Kier alpha value is -1.57. The van der Waals surface area contributed by atoms with E-state index in [0.29, 0.717) is 13.0 Å². The van der Waals surface area contributed by atoms with Gasteiger partial charge in [0.05, 0.1) is 23.8 Å². The summed E-state index contributed by atoms with van der Waals surface area (Å²) in [5.41, 5.74) is 1.61. The average molecular weight is 276 g/mol. The first-order valence-electron chi connectivity index (χ1n) is 6.00. The van der Waals surface area contributed by atoms with Gasteiger partial charge in [0.25, 0.3) is 0 Å². The fraction of sp³-hybridized carbons (Fsp3) is 0.636. The number of aromatic nitrogens is 2. The molecule has 1 unspecified atom stereocenters. The zero-order valence-corrected chi connectivity index (χ0v) is 10.4. The minimum Gasteiger partial charge on any atom is -0.347 e. The van der Waals surface area contributed by atoms with Gasteiger partial charge in [-0.3, -0.25) is 10.1 Å². The van der Waals surface area contributed by atoms with E-state index in [4.69, 9.17) is 0 Å². The highest BCUT2D eigenvalue weighted by Gasteiger charge is 2.35. The van der Waals surface area contributed by atoms with Crippen LogP contribution in [0.3, 0.4) is 0 Å². The number of carbonyl (C=O) groups is 1. The zero-order valence-electron chi connectivity index (χ0n) is 10.4. The van der Waals surface area contributed by atoms with Crippen molar-refractivity contribution < 1.29 is 18.0 Å². The third-order valence-corrected chi connectivity index (χ3v) is 3.09. The fourth-order valence-corrected chi connectivity index (χ4v) is 2.13. The molecule has 1 aliphatic rings. The van der Waals surface area contributed by atoms with E-state index < -0.39 is 24.7 Å². The number of amides is 1. The number of aromatic amines is 1. The fourth-order valence-electron chi connectivity index (χ4n) is 2.13.